The zero-order valence-corrected chi connectivity index (χ0v) is 11.4. The number of quaternary nitrogens is 1. The van der Waals surface area contributed by atoms with Crippen LogP contribution in [0, 0.1) is 0 Å². The van der Waals surface area contributed by atoms with E-state index in [0.29, 0.717) is 0 Å². The van der Waals surface area contributed by atoms with Crippen LogP contribution < -0.4 is 0 Å². The molecule has 0 saturated heterocycles. The van der Waals surface area contributed by atoms with E-state index in [-0.39, 0.29) is 4.48 Å². The van der Waals surface area contributed by atoms with Gasteiger partial charge >= 0.3 is 16.1 Å². The number of likely N-dealkylation sites (N-methyl/N-ethyl adjacent to an activating group) is 1. The number of rotatable bonds is 6. The summed E-state index contributed by atoms with van der Waals surface area (Å²) in [6.07, 6.45) is -1.29. The molecule has 18 heavy (non-hydrogen) atoms. The van der Waals surface area contributed by atoms with Gasteiger partial charge in [-0.25, -0.2) is 0 Å². The second-order valence-corrected chi connectivity index (χ2v) is 6.68. The predicted molar refractivity (Wildman–Crippen MR) is 61.3 cm³/mol. The third-order valence-electron chi connectivity index (χ3n) is 2.44. The number of carbonyl (C=O) groups excluding carboxylic acids is 1. The molecule has 106 valence electrons. The SMILES string of the molecule is CC(=O)C(C(O)(CC(=O)O)S(=O)(=O)O)[N+](C)(C)C. The number of aliphatic hydroxyl groups is 1. The lowest BCUT2D eigenvalue weighted by molar-refractivity contribution is -0.891. The molecule has 0 aliphatic carbocycles. The fourth-order valence-electron chi connectivity index (χ4n) is 2.01. The average molecular weight is 284 g/mol. The van der Waals surface area contributed by atoms with Crippen LogP contribution in [0.5, 0.6) is 0 Å². The number of hydrogen-bond acceptors (Lipinski definition) is 5. The Morgan fingerprint density at radius 3 is 1.83 bits per heavy atom. The van der Waals surface area contributed by atoms with Gasteiger partial charge in [-0.1, -0.05) is 0 Å². The van der Waals surface area contributed by atoms with Crippen molar-refractivity contribution in [2.24, 2.45) is 0 Å². The minimum atomic E-state index is -5.15. The van der Waals surface area contributed by atoms with Gasteiger partial charge in [-0.2, -0.15) is 8.42 Å². The van der Waals surface area contributed by atoms with Crippen LogP contribution >= 0.6 is 0 Å². The van der Waals surface area contributed by atoms with Gasteiger partial charge in [0.2, 0.25) is 0 Å². The molecule has 0 spiro atoms. The van der Waals surface area contributed by atoms with E-state index in [4.69, 9.17) is 9.66 Å². The maximum Gasteiger partial charge on any atom is 0.307 e. The molecule has 8 nitrogen and oxygen atoms in total. The van der Waals surface area contributed by atoms with Crippen LogP contribution in [0.4, 0.5) is 0 Å². The van der Waals surface area contributed by atoms with E-state index in [9.17, 15) is 23.1 Å². The average Bonchev–Trinajstić information content (AvgIpc) is 1.94. The number of Topliss-reactive ketones (excluding diaryl/α,β-unsaturated/α-hetero) is 1. The fourth-order valence-corrected chi connectivity index (χ4v) is 3.08. The Kier molecular flexibility index (Phi) is 4.64. The Balaban J connectivity index is 6.00. The van der Waals surface area contributed by atoms with Gasteiger partial charge in [-0.15, -0.1) is 0 Å². The van der Waals surface area contributed by atoms with E-state index in [1.165, 1.54) is 21.1 Å². The highest BCUT2D eigenvalue weighted by Gasteiger charge is 2.58. The van der Waals surface area contributed by atoms with E-state index in [0.717, 1.165) is 6.92 Å². The summed E-state index contributed by atoms with van der Waals surface area (Å²) in [6.45, 7) is 1.02. The van der Waals surface area contributed by atoms with E-state index >= 15 is 0 Å². The molecular formula is C9H18NO7S+. The summed E-state index contributed by atoms with van der Waals surface area (Å²) in [5, 5.41) is 18.7. The number of carboxylic acids is 1. The molecule has 3 N–H and O–H groups in total. The van der Waals surface area contributed by atoms with E-state index < -0.39 is 39.3 Å². The highest BCUT2D eigenvalue weighted by Crippen LogP contribution is 2.28. The summed E-state index contributed by atoms with van der Waals surface area (Å²) in [6, 6.07) is -1.62. The quantitative estimate of drug-likeness (QED) is 0.408. The van der Waals surface area contributed by atoms with Gasteiger partial charge in [0.25, 0.3) is 4.93 Å². The number of aliphatic carboxylic acids is 1. The third kappa shape index (κ3) is 3.48. The van der Waals surface area contributed by atoms with Crippen LogP contribution in [-0.2, 0) is 19.7 Å². The number of ketones is 1. The molecule has 2 unspecified atom stereocenters. The minimum absolute atomic E-state index is 0.348. The van der Waals surface area contributed by atoms with Gasteiger partial charge in [0.05, 0.1) is 27.6 Å². The summed E-state index contributed by atoms with van der Waals surface area (Å²) in [7, 11) is -0.928. The van der Waals surface area contributed by atoms with Gasteiger partial charge in [-0.05, 0) is 0 Å². The number of carbonyl (C=O) groups is 2. The second-order valence-electron chi connectivity index (χ2n) is 5.02. The summed E-state index contributed by atoms with van der Waals surface area (Å²) in [5.74, 6) is -2.39. The Hall–Kier alpha value is -1.03. The molecule has 0 aromatic carbocycles. The van der Waals surface area contributed by atoms with Crippen molar-refractivity contribution in [2.45, 2.75) is 24.3 Å². The largest absolute Gasteiger partial charge is 0.481 e. The van der Waals surface area contributed by atoms with Crippen molar-refractivity contribution in [3.8, 4) is 0 Å². The number of hydrogen-bond donors (Lipinski definition) is 3. The molecule has 0 amide bonds. The Bertz CT molecular complexity index is 450. The van der Waals surface area contributed by atoms with Crippen molar-refractivity contribution in [1.82, 2.24) is 0 Å². The van der Waals surface area contributed by atoms with Crippen molar-refractivity contribution < 1.29 is 37.3 Å². The molecule has 0 rings (SSSR count). The van der Waals surface area contributed by atoms with Crippen LogP contribution in [0.15, 0.2) is 0 Å². The highest BCUT2D eigenvalue weighted by atomic mass is 32.2. The molecule has 0 bridgehead atoms. The maximum atomic E-state index is 11.5. The predicted octanol–water partition coefficient (Wildman–Crippen LogP) is -1.30. The first-order chi connectivity index (χ1) is 7.73. The third-order valence-corrected chi connectivity index (χ3v) is 3.70. The smallest absolute Gasteiger partial charge is 0.307 e. The minimum Gasteiger partial charge on any atom is -0.481 e. The monoisotopic (exact) mass is 284 g/mol. The van der Waals surface area contributed by atoms with Gasteiger partial charge < -0.3 is 14.7 Å². The van der Waals surface area contributed by atoms with Gasteiger partial charge in [0.1, 0.15) is 0 Å². The van der Waals surface area contributed by atoms with Crippen LogP contribution in [0.3, 0.4) is 0 Å². The normalized spacial score (nSPS) is 17.9. The summed E-state index contributed by atoms with van der Waals surface area (Å²) >= 11 is 0. The molecule has 0 aromatic rings. The van der Waals surface area contributed by atoms with Gasteiger partial charge in [0.15, 0.2) is 11.8 Å². The highest BCUT2D eigenvalue weighted by molar-refractivity contribution is 7.87. The van der Waals surface area contributed by atoms with E-state index in [1.54, 1.807) is 0 Å². The molecule has 0 aliphatic heterocycles. The zero-order valence-electron chi connectivity index (χ0n) is 10.6. The van der Waals surface area contributed by atoms with Crippen molar-refractivity contribution in [2.75, 3.05) is 21.1 Å². The van der Waals surface area contributed by atoms with Crippen molar-refractivity contribution in [3.05, 3.63) is 0 Å². The lowest BCUT2D eigenvalue weighted by Gasteiger charge is -2.40. The lowest BCUT2D eigenvalue weighted by atomic mass is 10.0. The first-order valence-electron chi connectivity index (χ1n) is 4.96. The Morgan fingerprint density at radius 2 is 1.67 bits per heavy atom. The molecule has 0 heterocycles. The number of nitrogens with zero attached hydrogens (tertiary/aromatic N) is 1. The maximum absolute atomic E-state index is 11.5. The summed E-state index contributed by atoms with van der Waals surface area (Å²) in [4.78, 5) is 19.1. The molecule has 9 heteroatoms. The van der Waals surface area contributed by atoms with E-state index in [1.807, 2.05) is 0 Å². The van der Waals surface area contributed by atoms with Crippen molar-refractivity contribution >= 4 is 21.9 Å². The molecule has 0 aromatic heterocycles. The molecule has 0 saturated carbocycles. The molecule has 0 fully saturated rings. The fraction of sp³-hybridized carbons (Fsp3) is 0.778. The van der Waals surface area contributed by atoms with E-state index in [2.05, 4.69) is 0 Å². The number of carboxylic acid groups (broad SMARTS) is 1. The molecule has 0 radical (unpaired) electrons. The van der Waals surface area contributed by atoms with Gasteiger partial charge in [-0.3, -0.25) is 14.1 Å². The molecule has 0 aliphatic rings. The van der Waals surface area contributed by atoms with Gasteiger partial charge in [0, 0.05) is 6.92 Å². The topological polar surface area (TPSA) is 129 Å². The van der Waals surface area contributed by atoms with Crippen molar-refractivity contribution in [1.29, 1.82) is 0 Å². The first kappa shape index (κ1) is 17.0. The second kappa shape index (κ2) is 4.92. The van der Waals surface area contributed by atoms with Crippen LogP contribution in [0.25, 0.3) is 0 Å². The van der Waals surface area contributed by atoms with Crippen LogP contribution in [0.1, 0.15) is 13.3 Å². The Labute approximate surface area is 105 Å². The molecule has 2 atom stereocenters. The zero-order chi connectivity index (χ0) is 14.9. The van der Waals surface area contributed by atoms with Crippen LogP contribution in [0.2, 0.25) is 0 Å². The first-order valence-corrected chi connectivity index (χ1v) is 6.40. The van der Waals surface area contributed by atoms with Crippen LogP contribution in [-0.4, -0.2) is 71.5 Å². The Morgan fingerprint density at radius 1 is 1.28 bits per heavy atom. The molecular weight excluding hydrogens is 266 g/mol. The summed E-state index contributed by atoms with van der Waals surface area (Å²) in [5.41, 5.74) is 0. The summed E-state index contributed by atoms with van der Waals surface area (Å²) < 4.78 is 31.2. The standard InChI is InChI=1S/C9H17NO7S/c1-6(11)8(10(2,3)4)9(14,5-7(12)13)18(15,16)17/h8,14H,5H2,1-4H3,(H-,12,13,15,16,17)/p+1. The van der Waals surface area contributed by atoms with Crippen molar-refractivity contribution in [3.63, 3.8) is 0 Å². The lowest BCUT2D eigenvalue weighted by Crippen LogP contribution is -2.65.